The highest BCUT2D eigenvalue weighted by Gasteiger charge is 2.33. The number of piperidine rings is 1. The summed E-state index contributed by atoms with van der Waals surface area (Å²) in [5.74, 6) is -0.267. The molecule has 0 aromatic heterocycles. The van der Waals surface area contributed by atoms with Crippen molar-refractivity contribution < 1.29 is 13.2 Å². The molecule has 0 unspecified atom stereocenters. The lowest BCUT2D eigenvalue weighted by molar-refractivity contribution is -0.120. The number of halogens is 1. The molecule has 0 atom stereocenters. The van der Waals surface area contributed by atoms with Crippen LogP contribution in [-0.2, 0) is 14.8 Å². The van der Waals surface area contributed by atoms with Crippen molar-refractivity contribution in [1.29, 1.82) is 0 Å². The summed E-state index contributed by atoms with van der Waals surface area (Å²) >= 11 is 6.13. The Morgan fingerprint density at radius 1 is 1.12 bits per heavy atom. The first-order chi connectivity index (χ1) is 12.4. The largest absolute Gasteiger partial charge is 0.326 e. The van der Waals surface area contributed by atoms with Gasteiger partial charge < -0.3 is 5.32 Å². The number of sulfonamides is 1. The van der Waals surface area contributed by atoms with Gasteiger partial charge in [-0.15, -0.1) is 0 Å². The number of nitrogens with one attached hydrogen (secondary N) is 1. The number of carbonyl (C=O) groups excluding carboxylic acids is 1. The van der Waals surface area contributed by atoms with Gasteiger partial charge in [0.25, 0.3) is 0 Å². The van der Waals surface area contributed by atoms with Crippen molar-refractivity contribution in [2.75, 3.05) is 18.4 Å². The molecular weight excluding hydrogens is 372 g/mol. The van der Waals surface area contributed by atoms with Crippen LogP contribution in [0.1, 0.15) is 18.4 Å². The molecular formula is C19H21ClN2O3S. The van der Waals surface area contributed by atoms with Gasteiger partial charge in [-0.05, 0) is 49.6 Å². The minimum atomic E-state index is -3.65. The van der Waals surface area contributed by atoms with Crippen LogP contribution in [0, 0.1) is 12.8 Å². The zero-order valence-electron chi connectivity index (χ0n) is 14.5. The molecule has 1 fully saturated rings. The molecule has 2 aromatic rings. The maximum atomic E-state index is 12.8. The Bertz CT molecular complexity index is 892. The molecule has 1 aliphatic rings. The minimum absolute atomic E-state index is 0.0679. The van der Waals surface area contributed by atoms with Gasteiger partial charge >= 0.3 is 0 Å². The fourth-order valence-electron chi connectivity index (χ4n) is 3.08. The van der Waals surface area contributed by atoms with Crippen molar-refractivity contribution in [3.8, 4) is 0 Å². The Morgan fingerprint density at radius 2 is 1.77 bits per heavy atom. The number of rotatable bonds is 4. The molecule has 138 valence electrons. The number of aryl methyl sites for hydroxylation is 1. The monoisotopic (exact) mass is 392 g/mol. The molecule has 0 spiro atoms. The predicted octanol–water partition coefficient (Wildman–Crippen LogP) is 3.69. The Labute approximate surface area is 159 Å². The van der Waals surface area contributed by atoms with Crippen molar-refractivity contribution in [1.82, 2.24) is 4.31 Å². The van der Waals surface area contributed by atoms with Gasteiger partial charge in [-0.3, -0.25) is 4.79 Å². The van der Waals surface area contributed by atoms with Gasteiger partial charge in [0.2, 0.25) is 15.9 Å². The zero-order valence-corrected chi connectivity index (χ0v) is 16.1. The fourth-order valence-corrected chi connectivity index (χ4v) is 5.12. The van der Waals surface area contributed by atoms with Crippen LogP contribution in [0.2, 0.25) is 5.02 Å². The second kappa shape index (κ2) is 7.78. The van der Waals surface area contributed by atoms with Gasteiger partial charge in [0.05, 0.1) is 5.02 Å². The van der Waals surface area contributed by atoms with E-state index in [9.17, 15) is 13.2 Å². The molecule has 1 N–H and O–H groups in total. The lowest BCUT2D eigenvalue weighted by atomic mass is 9.97. The number of benzene rings is 2. The van der Waals surface area contributed by atoms with Gasteiger partial charge in [-0.2, -0.15) is 4.31 Å². The molecule has 1 aliphatic heterocycles. The van der Waals surface area contributed by atoms with Crippen molar-refractivity contribution in [3.63, 3.8) is 0 Å². The van der Waals surface area contributed by atoms with Crippen LogP contribution in [-0.4, -0.2) is 31.7 Å². The molecule has 1 heterocycles. The van der Waals surface area contributed by atoms with Gasteiger partial charge in [0.1, 0.15) is 4.90 Å². The number of hydrogen-bond acceptors (Lipinski definition) is 3. The van der Waals surface area contributed by atoms with E-state index >= 15 is 0 Å². The highest BCUT2D eigenvalue weighted by molar-refractivity contribution is 7.89. The average Bonchev–Trinajstić information content (AvgIpc) is 2.62. The van der Waals surface area contributed by atoms with Crippen molar-refractivity contribution in [2.45, 2.75) is 24.7 Å². The van der Waals surface area contributed by atoms with E-state index in [4.69, 9.17) is 11.6 Å². The first kappa shape index (κ1) is 18.9. The fraction of sp³-hybridized carbons (Fsp3) is 0.316. The van der Waals surface area contributed by atoms with Gasteiger partial charge in [0, 0.05) is 24.7 Å². The van der Waals surface area contributed by atoms with Gasteiger partial charge in [-0.1, -0.05) is 35.9 Å². The summed E-state index contributed by atoms with van der Waals surface area (Å²) in [7, 11) is -3.65. The molecule has 0 bridgehead atoms. The number of nitrogens with zero attached hydrogens (tertiary/aromatic N) is 1. The third kappa shape index (κ3) is 4.09. The second-order valence-corrected chi connectivity index (χ2v) is 8.78. The molecule has 5 nitrogen and oxygen atoms in total. The Hall–Kier alpha value is -1.89. The Balaban J connectivity index is 1.65. The highest BCUT2D eigenvalue weighted by Crippen LogP contribution is 2.29. The Morgan fingerprint density at radius 3 is 2.38 bits per heavy atom. The van der Waals surface area contributed by atoms with Crippen molar-refractivity contribution in [3.05, 3.63) is 59.1 Å². The smallest absolute Gasteiger partial charge is 0.244 e. The van der Waals surface area contributed by atoms with Gasteiger partial charge in [0.15, 0.2) is 0 Å². The molecule has 7 heteroatoms. The summed E-state index contributed by atoms with van der Waals surface area (Å²) in [6.07, 6.45) is 0.975. The maximum Gasteiger partial charge on any atom is 0.244 e. The summed E-state index contributed by atoms with van der Waals surface area (Å²) in [6, 6.07) is 14.2. The van der Waals surface area contributed by atoms with E-state index in [1.807, 2.05) is 37.3 Å². The molecule has 26 heavy (non-hydrogen) atoms. The zero-order chi connectivity index (χ0) is 18.7. The van der Waals surface area contributed by atoms with Gasteiger partial charge in [-0.25, -0.2) is 8.42 Å². The normalized spacial score (nSPS) is 16.4. The number of hydrogen-bond donors (Lipinski definition) is 1. The van der Waals surface area contributed by atoms with E-state index in [1.54, 1.807) is 18.2 Å². The molecule has 2 aromatic carbocycles. The average molecular weight is 393 g/mol. The van der Waals surface area contributed by atoms with E-state index in [1.165, 1.54) is 4.31 Å². The molecule has 3 rings (SSSR count). The van der Waals surface area contributed by atoms with Crippen LogP contribution in [0.4, 0.5) is 5.69 Å². The number of para-hydroxylation sites is 1. The van der Waals surface area contributed by atoms with Crippen LogP contribution < -0.4 is 5.32 Å². The lowest BCUT2D eigenvalue weighted by Crippen LogP contribution is -2.41. The standard InChI is InChI=1S/C19H21ClN2O3S/c1-14-7-8-18(17(20)13-14)26(24,25)22-11-9-15(10-12-22)19(23)21-16-5-3-2-4-6-16/h2-8,13,15H,9-12H2,1H3,(H,21,23). The molecule has 0 radical (unpaired) electrons. The maximum absolute atomic E-state index is 12.8. The van der Waals surface area contributed by atoms with Crippen molar-refractivity contribution >= 4 is 33.2 Å². The van der Waals surface area contributed by atoms with E-state index in [2.05, 4.69) is 5.32 Å². The van der Waals surface area contributed by atoms with Crippen LogP contribution >= 0.6 is 11.6 Å². The van der Waals surface area contributed by atoms with E-state index in [-0.39, 0.29) is 21.7 Å². The van der Waals surface area contributed by atoms with Crippen LogP contribution in [0.5, 0.6) is 0 Å². The number of anilines is 1. The second-order valence-electron chi connectivity index (χ2n) is 6.47. The highest BCUT2D eigenvalue weighted by atomic mass is 35.5. The SMILES string of the molecule is Cc1ccc(S(=O)(=O)N2CCC(C(=O)Nc3ccccc3)CC2)c(Cl)c1. The molecule has 1 saturated heterocycles. The van der Waals surface area contributed by atoms with Crippen molar-refractivity contribution in [2.24, 2.45) is 5.92 Å². The summed E-state index contributed by atoms with van der Waals surface area (Å²) in [5.41, 5.74) is 1.66. The first-order valence-corrected chi connectivity index (χ1v) is 10.3. The first-order valence-electron chi connectivity index (χ1n) is 8.50. The van der Waals surface area contributed by atoms with Crippen LogP contribution in [0.3, 0.4) is 0 Å². The number of carbonyl (C=O) groups is 1. The third-order valence-corrected chi connectivity index (χ3v) is 6.95. The van der Waals surface area contributed by atoms with E-state index in [0.29, 0.717) is 25.9 Å². The van der Waals surface area contributed by atoms with E-state index in [0.717, 1.165) is 11.3 Å². The predicted molar refractivity (Wildman–Crippen MR) is 103 cm³/mol. The lowest BCUT2D eigenvalue weighted by Gasteiger charge is -2.30. The molecule has 0 aliphatic carbocycles. The summed E-state index contributed by atoms with van der Waals surface area (Å²) < 4.78 is 27.1. The molecule has 0 saturated carbocycles. The summed E-state index contributed by atoms with van der Waals surface area (Å²) in [4.78, 5) is 12.5. The quantitative estimate of drug-likeness (QED) is 0.862. The Kier molecular flexibility index (Phi) is 5.65. The topological polar surface area (TPSA) is 66.5 Å². The number of amides is 1. The summed E-state index contributed by atoms with van der Waals surface area (Å²) in [6.45, 7) is 2.47. The van der Waals surface area contributed by atoms with Crippen LogP contribution in [0.25, 0.3) is 0 Å². The van der Waals surface area contributed by atoms with E-state index < -0.39 is 10.0 Å². The minimum Gasteiger partial charge on any atom is -0.326 e. The van der Waals surface area contributed by atoms with Crippen LogP contribution in [0.15, 0.2) is 53.4 Å². The third-order valence-electron chi connectivity index (χ3n) is 4.57. The molecule has 1 amide bonds. The summed E-state index contributed by atoms with van der Waals surface area (Å²) in [5, 5.41) is 3.11.